The molecule has 0 unspecified atom stereocenters. The van der Waals surface area contributed by atoms with Crippen molar-refractivity contribution in [1.82, 2.24) is 9.97 Å². The van der Waals surface area contributed by atoms with Gasteiger partial charge < -0.3 is 15.5 Å². The van der Waals surface area contributed by atoms with Gasteiger partial charge in [0.1, 0.15) is 17.5 Å². The Kier molecular flexibility index (Phi) is 6.67. The molecule has 2 aromatic carbocycles. The van der Waals surface area contributed by atoms with Crippen LogP contribution >= 0.6 is 0 Å². The molecule has 0 radical (unpaired) electrons. The minimum absolute atomic E-state index is 0.104. The number of aryl methyl sites for hydroxylation is 3. The van der Waals surface area contributed by atoms with Gasteiger partial charge in [0, 0.05) is 36.1 Å². The van der Waals surface area contributed by atoms with Gasteiger partial charge in [0.2, 0.25) is 0 Å². The molecule has 6 heteroatoms. The van der Waals surface area contributed by atoms with Crippen LogP contribution in [0.15, 0.2) is 48.5 Å². The molecular formula is C24H29N5O. The number of hydrogen-bond acceptors (Lipinski definition) is 5. The molecule has 3 rings (SSSR count). The maximum absolute atomic E-state index is 12.6. The summed E-state index contributed by atoms with van der Waals surface area (Å²) in [5, 5.41) is 6.29. The van der Waals surface area contributed by atoms with Crippen LogP contribution in [0, 0.1) is 20.8 Å². The molecule has 0 saturated heterocycles. The Hall–Kier alpha value is -3.41. The maximum Gasteiger partial charge on any atom is 0.255 e. The molecule has 0 aliphatic carbocycles. The van der Waals surface area contributed by atoms with Crippen molar-refractivity contribution >= 4 is 28.9 Å². The Bertz CT molecular complexity index is 1030. The molecule has 0 fully saturated rings. The van der Waals surface area contributed by atoms with Gasteiger partial charge in [0.05, 0.1) is 0 Å². The zero-order chi connectivity index (χ0) is 21.7. The smallest absolute Gasteiger partial charge is 0.255 e. The highest BCUT2D eigenvalue weighted by molar-refractivity contribution is 6.05. The van der Waals surface area contributed by atoms with E-state index in [1.54, 1.807) is 0 Å². The van der Waals surface area contributed by atoms with Gasteiger partial charge in [0.15, 0.2) is 0 Å². The van der Waals surface area contributed by atoms with Crippen LogP contribution in [0.2, 0.25) is 0 Å². The van der Waals surface area contributed by atoms with Crippen molar-refractivity contribution in [3.63, 3.8) is 0 Å². The topological polar surface area (TPSA) is 70.2 Å². The molecule has 6 nitrogen and oxygen atoms in total. The summed E-state index contributed by atoms with van der Waals surface area (Å²) >= 11 is 0. The number of amides is 1. The van der Waals surface area contributed by atoms with Gasteiger partial charge in [-0.2, -0.15) is 0 Å². The van der Waals surface area contributed by atoms with Crippen molar-refractivity contribution < 1.29 is 4.79 Å². The molecule has 156 valence electrons. The quantitative estimate of drug-likeness (QED) is 0.564. The fourth-order valence-corrected chi connectivity index (χ4v) is 3.29. The van der Waals surface area contributed by atoms with Crippen LogP contribution in [0.25, 0.3) is 0 Å². The normalized spacial score (nSPS) is 10.6. The molecule has 0 saturated carbocycles. The highest BCUT2D eigenvalue weighted by Gasteiger charge is 2.10. The van der Waals surface area contributed by atoms with Crippen LogP contribution < -0.4 is 15.5 Å². The predicted octanol–water partition coefficient (Wildman–Crippen LogP) is 5.24. The first-order valence-corrected chi connectivity index (χ1v) is 10.3. The first-order valence-electron chi connectivity index (χ1n) is 10.3. The number of nitrogens with zero attached hydrogens (tertiary/aromatic N) is 3. The van der Waals surface area contributed by atoms with Crippen LogP contribution in [0.5, 0.6) is 0 Å². The number of rotatable bonds is 7. The Morgan fingerprint density at radius 1 is 0.900 bits per heavy atom. The average molecular weight is 404 g/mol. The minimum atomic E-state index is -0.104. The second-order valence-electron chi connectivity index (χ2n) is 7.31. The first kappa shape index (κ1) is 21.3. The van der Waals surface area contributed by atoms with E-state index in [-0.39, 0.29) is 5.91 Å². The summed E-state index contributed by atoms with van der Waals surface area (Å²) in [5.41, 5.74) is 4.35. The fourth-order valence-electron chi connectivity index (χ4n) is 3.29. The Morgan fingerprint density at radius 3 is 2.23 bits per heavy atom. The molecule has 0 atom stereocenters. The summed E-state index contributed by atoms with van der Waals surface area (Å²) in [6.07, 6.45) is 0. The van der Waals surface area contributed by atoms with Crippen LogP contribution in [-0.2, 0) is 0 Å². The number of benzene rings is 2. The lowest BCUT2D eigenvalue weighted by Crippen LogP contribution is -2.23. The summed E-state index contributed by atoms with van der Waals surface area (Å²) < 4.78 is 0. The van der Waals surface area contributed by atoms with E-state index in [2.05, 4.69) is 39.3 Å². The lowest BCUT2D eigenvalue weighted by Gasteiger charge is -2.20. The first-order chi connectivity index (χ1) is 14.4. The van der Waals surface area contributed by atoms with Crippen LogP contribution in [0.3, 0.4) is 0 Å². The van der Waals surface area contributed by atoms with Gasteiger partial charge in [-0.25, -0.2) is 9.97 Å². The van der Waals surface area contributed by atoms with Crippen molar-refractivity contribution in [1.29, 1.82) is 0 Å². The van der Waals surface area contributed by atoms with Crippen LogP contribution in [0.4, 0.5) is 23.0 Å². The molecule has 0 spiro atoms. The van der Waals surface area contributed by atoms with Gasteiger partial charge in [-0.3, -0.25) is 4.79 Å². The van der Waals surface area contributed by atoms with Crippen LogP contribution in [-0.4, -0.2) is 29.0 Å². The third kappa shape index (κ3) is 5.14. The highest BCUT2D eigenvalue weighted by Crippen LogP contribution is 2.22. The summed E-state index contributed by atoms with van der Waals surface area (Å²) in [6.45, 7) is 11.8. The monoisotopic (exact) mass is 403 g/mol. The van der Waals surface area contributed by atoms with Crippen molar-refractivity contribution in [2.45, 2.75) is 34.6 Å². The largest absolute Gasteiger partial charge is 0.357 e. The summed E-state index contributed by atoms with van der Waals surface area (Å²) in [7, 11) is 0. The zero-order valence-corrected chi connectivity index (χ0v) is 18.3. The number of hydrogen-bond donors (Lipinski definition) is 2. The zero-order valence-electron chi connectivity index (χ0n) is 18.3. The lowest BCUT2D eigenvalue weighted by molar-refractivity contribution is 0.102. The number of carbonyl (C=O) groups excluding carboxylic acids is 1. The molecule has 2 N–H and O–H groups in total. The van der Waals surface area contributed by atoms with E-state index < -0.39 is 0 Å². The molecular weight excluding hydrogens is 374 g/mol. The number of nitrogens with one attached hydrogen (secondary N) is 2. The van der Waals surface area contributed by atoms with E-state index in [4.69, 9.17) is 0 Å². The van der Waals surface area contributed by atoms with E-state index >= 15 is 0 Å². The third-order valence-electron chi connectivity index (χ3n) is 4.96. The average Bonchev–Trinajstić information content (AvgIpc) is 2.72. The van der Waals surface area contributed by atoms with Gasteiger partial charge in [-0.15, -0.1) is 0 Å². The van der Waals surface area contributed by atoms with E-state index in [0.717, 1.165) is 53.1 Å². The van der Waals surface area contributed by atoms with Crippen molar-refractivity contribution in [3.05, 3.63) is 71.0 Å². The molecule has 3 aromatic rings. The van der Waals surface area contributed by atoms with Gasteiger partial charge in [0.25, 0.3) is 5.91 Å². The summed E-state index contributed by atoms with van der Waals surface area (Å²) in [5.74, 6) is 2.27. The van der Waals surface area contributed by atoms with Crippen molar-refractivity contribution in [2.24, 2.45) is 0 Å². The summed E-state index contributed by atoms with van der Waals surface area (Å²) in [4.78, 5) is 23.8. The summed E-state index contributed by atoms with van der Waals surface area (Å²) in [6, 6.07) is 15.4. The number of aromatic nitrogens is 2. The standard InChI is InChI=1S/C24H29N5O/c1-6-29(7-2)23-15-22(25-18(5)26-23)27-19-10-12-20(13-11-19)28-24(30)21-14-16(3)8-9-17(21)4/h8-15H,6-7H2,1-5H3,(H,28,30)(H,25,26,27). The fraction of sp³-hybridized carbons (Fsp3) is 0.292. The predicted molar refractivity (Wildman–Crippen MR) is 124 cm³/mol. The molecule has 0 aliphatic rings. The highest BCUT2D eigenvalue weighted by atomic mass is 16.1. The molecule has 1 heterocycles. The van der Waals surface area contributed by atoms with E-state index in [9.17, 15) is 4.79 Å². The van der Waals surface area contributed by atoms with E-state index in [0.29, 0.717) is 5.56 Å². The lowest BCUT2D eigenvalue weighted by atomic mass is 10.1. The van der Waals surface area contributed by atoms with Crippen LogP contribution in [0.1, 0.15) is 41.2 Å². The molecule has 30 heavy (non-hydrogen) atoms. The minimum Gasteiger partial charge on any atom is -0.357 e. The SMILES string of the molecule is CCN(CC)c1cc(Nc2ccc(NC(=O)c3cc(C)ccc3C)cc2)nc(C)n1. The maximum atomic E-state index is 12.6. The second kappa shape index (κ2) is 9.39. The van der Waals surface area contributed by atoms with Gasteiger partial charge in [-0.1, -0.05) is 17.7 Å². The Balaban J connectivity index is 1.72. The van der Waals surface area contributed by atoms with E-state index in [1.807, 2.05) is 69.3 Å². The van der Waals surface area contributed by atoms with Gasteiger partial charge in [-0.05, 0) is 70.5 Å². The molecule has 1 aromatic heterocycles. The number of carbonyl (C=O) groups is 1. The third-order valence-corrected chi connectivity index (χ3v) is 4.96. The molecule has 1 amide bonds. The van der Waals surface area contributed by atoms with Crippen molar-refractivity contribution in [2.75, 3.05) is 28.6 Å². The number of anilines is 4. The van der Waals surface area contributed by atoms with Crippen molar-refractivity contribution in [3.8, 4) is 0 Å². The molecule has 0 aliphatic heterocycles. The Labute approximate surface area is 178 Å². The van der Waals surface area contributed by atoms with Gasteiger partial charge >= 0.3 is 0 Å². The second-order valence-corrected chi connectivity index (χ2v) is 7.31. The Morgan fingerprint density at radius 2 is 1.57 bits per heavy atom. The molecule has 0 bridgehead atoms. The van der Waals surface area contributed by atoms with E-state index in [1.165, 1.54) is 0 Å².